The van der Waals surface area contributed by atoms with Gasteiger partial charge in [0.05, 0.1) is 11.1 Å². The Labute approximate surface area is 372 Å². The number of hydrogen-bond donors (Lipinski definition) is 0. The van der Waals surface area contributed by atoms with Gasteiger partial charge in [-0.2, -0.15) is 0 Å². The van der Waals surface area contributed by atoms with E-state index in [2.05, 4.69) is 231 Å². The van der Waals surface area contributed by atoms with Crippen LogP contribution in [0.2, 0.25) is 0 Å². The standard InChI is InChI=1S/C62H41NO/c1-61(2)52-25-11-7-21-45(52)48-33-31-40(36-55(48)61)63(58-28-15-24-50-49-23-10-14-29-59(49)64-60(50)58)41-30-32-47-43-19-6-5-18-42(43)44-20-8-12-26-53(44)62(57(47)37-41)54-27-13-9-22-46(54)51-34-38-16-3-4-17-39(38)35-56(51)62/h3-37H,1-2H3. The van der Waals surface area contributed by atoms with E-state index >= 15 is 0 Å². The minimum atomic E-state index is -0.643. The molecular weight excluding hydrogens is 775 g/mol. The lowest BCUT2D eigenvalue weighted by atomic mass is 9.65. The van der Waals surface area contributed by atoms with Crippen molar-refractivity contribution < 1.29 is 4.42 Å². The predicted molar refractivity (Wildman–Crippen MR) is 265 cm³/mol. The van der Waals surface area contributed by atoms with Gasteiger partial charge in [0, 0.05) is 27.6 Å². The molecule has 0 amide bonds. The van der Waals surface area contributed by atoms with Gasteiger partial charge in [-0.15, -0.1) is 0 Å². The molecule has 0 fully saturated rings. The maximum atomic E-state index is 6.90. The van der Waals surface area contributed by atoms with Crippen LogP contribution in [0.1, 0.15) is 47.2 Å². The summed E-state index contributed by atoms with van der Waals surface area (Å²) in [6.45, 7) is 4.73. The molecule has 11 aromatic rings. The van der Waals surface area contributed by atoms with Crippen LogP contribution in [0.5, 0.6) is 0 Å². The highest BCUT2D eigenvalue weighted by molar-refractivity contribution is 6.11. The van der Waals surface area contributed by atoms with Crippen molar-refractivity contribution in [3.8, 4) is 44.5 Å². The molecule has 64 heavy (non-hydrogen) atoms. The van der Waals surface area contributed by atoms with Crippen LogP contribution in [0.4, 0.5) is 17.1 Å². The second-order valence-corrected chi connectivity index (χ2v) is 18.3. The molecule has 1 unspecified atom stereocenters. The minimum absolute atomic E-state index is 0.176. The smallest absolute Gasteiger partial charge is 0.159 e. The highest BCUT2D eigenvalue weighted by Crippen LogP contribution is 2.63. The first-order valence-electron chi connectivity index (χ1n) is 22.4. The zero-order valence-corrected chi connectivity index (χ0v) is 35.6. The van der Waals surface area contributed by atoms with Crippen LogP contribution in [0.3, 0.4) is 0 Å². The average molecular weight is 816 g/mol. The summed E-state index contributed by atoms with van der Waals surface area (Å²) in [5.74, 6) is 0. The molecule has 0 radical (unpaired) electrons. The van der Waals surface area contributed by atoms with Gasteiger partial charge in [0.1, 0.15) is 5.58 Å². The van der Waals surface area contributed by atoms with Gasteiger partial charge in [0.25, 0.3) is 0 Å². The average Bonchev–Trinajstić information content (AvgIpc) is 3.92. The summed E-state index contributed by atoms with van der Waals surface area (Å²) in [4.78, 5) is 2.46. The fraction of sp³-hybridized carbons (Fsp3) is 0.0645. The number of para-hydroxylation sites is 2. The Morgan fingerprint density at radius 3 is 1.53 bits per heavy atom. The highest BCUT2D eigenvalue weighted by Gasteiger charge is 2.50. The minimum Gasteiger partial charge on any atom is -0.454 e. The summed E-state index contributed by atoms with van der Waals surface area (Å²) in [6.07, 6.45) is 0. The Morgan fingerprint density at radius 2 is 0.828 bits per heavy atom. The molecule has 0 saturated carbocycles. The van der Waals surface area contributed by atoms with E-state index < -0.39 is 5.41 Å². The third-order valence-corrected chi connectivity index (χ3v) is 14.9. The maximum absolute atomic E-state index is 6.90. The quantitative estimate of drug-likeness (QED) is 0.177. The summed E-state index contributed by atoms with van der Waals surface area (Å²) < 4.78 is 6.90. The molecule has 1 heterocycles. The molecule has 1 aromatic heterocycles. The monoisotopic (exact) mass is 815 g/mol. The van der Waals surface area contributed by atoms with Crippen molar-refractivity contribution in [2.45, 2.75) is 24.7 Å². The van der Waals surface area contributed by atoms with Crippen molar-refractivity contribution in [2.24, 2.45) is 0 Å². The molecule has 1 atom stereocenters. The van der Waals surface area contributed by atoms with Crippen LogP contribution in [-0.4, -0.2) is 0 Å². The maximum Gasteiger partial charge on any atom is 0.159 e. The highest BCUT2D eigenvalue weighted by atomic mass is 16.3. The van der Waals surface area contributed by atoms with E-state index in [4.69, 9.17) is 4.42 Å². The van der Waals surface area contributed by atoms with Gasteiger partial charge in [-0.3, -0.25) is 0 Å². The number of fused-ring (bicyclic) bond motifs is 19. The molecule has 10 aromatic carbocycles. The number of nitrogens with zero attached hydrogens (tertiary/aromatic N) is 1. The van der Waals surface area contributed by atoms with Crippen LogP contribution < -0.4 is 4.90 Å². The van der Waals surface area contributed by atoms with Crippen molar-refractivity contribution >= 4 is 49.8 Å². The number of benzene rings is 10. The van der Waals surface area contributed by atoms with Crippen molar-refractivity contribution in [3.63, 3.8) is 0 Å². The van der Waals surface area contributed by atoms with Gasteiger partial charge >= 0.3 is 0 Å². The Bertz CT molecular complexity index is 3790. The van der Waals surface area contributed by atoms with Gasteiger partial charge in [0.2, 0.25) is 0 Å². The number of rotatable bonds is 3. The van der Waals surface area contributed by atoms with Crippen molar-refractivity contribution in [2.75, 3.05) is 4.90 Å². The van der Waals surface area contributed by atoms with Crippen LogP contribution >= 0.6 is 0 Å². The normalized spacial score (nSPS) is 15.8. The van der Waals surface area contributed by atoms with Crippen molar-refractivity contribution in [3.05, 3.63) is 246 Å². The molecule has 0 bridgehead atoms. The van der Waals surface area contributed by atoms with Crippen molar-refractivity contribution in [1.29, 1.82) is 0 Å². The lowest BCUT2D eigenvalue weighted by molar-refractivity contribution is 0.660. The molecule has 0 saturated heterocycles. The topological polar surface area (TPSA) is 16.4 Å². The van der Waals surface area contributed by atoms with E-state index in [9.17, 15) is 0 Å². The van der Waals surface area contributed by atoms with Gasteiger partial charge in [0.15, 0.2) is 5.58 Å². The lowest BCUT2D eigenvalue weighted by Gasteiger charge is -2.36. The molecule has 2 nitrogen and oxygen atoms in total. The second kappa shape index (κ2) is 12.8. The Kier molecular flexibility index (Phi) is 7.13. The number of anilines is 3. The Hall–Kier alpha value is -7.94. The summed E-state index contributed by atoms with van der Waals surface area (Å²) in [6, 6.07) is 79.4. The van der Waals surface area contributed by atoms with Crippen LogP contribution in [0, 0.1) is 0 Å². The van der Waals surface area contributed by atoms with E-state index in [-0.39, 0.29) is 5.41 Å². The SMILES string of the molecule is CC1(C)c2ccccc2-c2ccc(N(c3ccc4c(c3)C3(c5ccccc5-c5ccccc5-4)c4ccccc4-c4cc5ccccc5cc43)c3cccc4c3oc3ccccc34)cc21. The first kappa shape index (κ1) is 35.6. The first-order valence-corrected chi connectivity index (χ1v) is 22.4. The summed E-state index contributed by atoms with van der Waals surface area (Å²) in [5.41, 5.74) is 22.1. The van der Waals surface area contributed by atoms with Crippen LogP contribution in [0.15, 0.2) is 217 Å². The predicted octanol–water partition coefficient (Wildman–Crippen LogP) is 16.5. The zero-order valence-electron chi connectivity index (χ0n) is 35.6. The van der Waals surface area contributed by atoms with Gasteiger partial charge < -0.3 is 9.32 Å². The summed E-state index contributed by atoms with van der Waals surface area (Å²) in [5, 5.41) is 4.71. The Balaban J connectivity index is 1.12. The van der Waals surface area contributed by atoms with Gasteiger partial charge in [-0.1, -0.05) is 178 Å². The molecule has 3 aliphatic carbocycles. The second-order valence-electron chi connectivity index (χ2n) is 18.3. The van der Waals surface area contributed by atoms with E-state index in [1.807, 2.05) is 0 Å². The molecular formula is C62H41NO. The van der Waals surface area contributed by atoms with Gasteiger partial charge in [-0.25, -0.2) is 0 Å². The fourth-order valence-corrected chi connectivity index (χ4v) is 12.1. The molecule has 0 aliphatic heterocycles. The van der Waals surface area contributed by atoms with Gasteiger partial charge in [-0.05, 0) is 137 Å². The molecule has 1 spiro atoms. The van der Waals surface area contributed by atoms with Crippen LogP contribution in [0.25, 0.3) is 77.2 Å². The third-order valence-electron chi connectivity index (χ3n) is 14.9. The molecule has 0 N–H and O–H groups in total. The van der Waals surface area contributed by atoms with E-state index in [0.29, 0.717) is 0 Å². The largest absolute Gasteiger partial charge is 0.454 e. The zero-order chi connectivity index (χ0) is 42.3. The van der Waals surface area contributed by atoms with E-state index in [1.54, 1.807) is 0 Å². The van der Waals surface area contributed by atoms with Crippen molar-refractivity contribution in [1.82, 2.24) is 0 Å². The van der Waals surface area contributed by atoms with Crippen LogP contribution in [-0.2, 0) is 10.8 Å². The molecule has 300 valence electrons. The third kappa shape index (κ3) is 4.59. The fourth-order valence-electron chi connectivity index (χ4n) is 12.1. The molecule has 3 aliphatic rings. The molecule has 2 heteroatoms. The van der Waals surface area contributed by atoms with E-state index in [0.717, 1.165) is 39.0 Å². The summed E-state index contributed by atoms with van der Waals surface area (Å²) >= 11 is 0. The number of hydrogen-bond acceptors (Lipinski definition) is 2. The first-order chi connectivity index (χ1) is 31.5. The Morgan fingerprint density at radius 1 is 0.344 bits per heavy atom. The summed E-state index contributed by atoms with van der Waals surface area (Å²) in [7, 11) is 0. The number of furan rings is 1. The molecule has 14 rings (SSSR count). The lowest BCUT2D eigenvalue weighted by Crippen LogP contribution is -2.29. The van der Waals surface area contributed by atoms with E-state index in [1.165, 1.54) is 88.7 Å².